The lowest BCUT2D eigenvalue weighted by Gasteiger charge is -2.27. The number of amides is 2. The van der Waals surface area contributed by atoms with Crippen LogP contribution in [0.3, 0.4) is 0 Å². The molecule has 2 amide bonds. The van der Waals surface area contributed by atoms with Gasteiger partial charge in [-0.2, -0.15) is 8.78 Å². The first-order valence-electron chi connectivity index (χ1n) is 14.0. The number of rotatable bonds is 5. The Hall–Kier alpha value is -4.68. The predicted octanol–water partition coefficient (Wildman–Crippen LogP) is 6.11. The zero-order valence-electron chi connectivity index (χ0n) is 25.0. The molecule has 44 heavy (non-hydrogen) atoms. The van der Waals surface area contributed by atoms with Crippen LogP contribution >= 0.6 is 0 Å². The van der Waals surface area contributed by atoms with E-state index in [0.29, 0.717) is 40.2 Å². The fraction of sp³-hybridized carbons (Fsp3) is 0.387. The van der Waals surface area contributed by atoms with Gasteiger partial charge >= 0.3 is 12.7 Å². The van der Waals surface area contributed by atoms with Gasteiger partial charge in [-0.25, -0.2) is 24.1 Å². The van der Waals surface area contributed by atoms with E-state index in [2.05, 4.69) is 20.3 Å². The third kappa shape index (κ3) is 4.99. The van der Waals surface area contributed by atoms with Gasteiger partial charge in [-0.3, -0.25) is 4.79 Å². The van der Waals surface area contributed by atoms with Gasteiger partial charge in [-0.1, -0.05) is 6.07 Å². The lowest BCUT2D eigenvalue weighted by atomic mass is 9.97. The molecule has 0 aliphatic carbocycles. The summed E-state index contributed by atoms with van der Waals surface area (Å²) in [6, 6.07) is 6.42. The van der Waals surface area contributed by atoms with Gasteiger partial charge in [0.15, 0.2) is 5.82 Å². The SMILES string of the molecule is CN1C(=O)c2cccc(OC(F)F)c2[C@@H]2C[C@H]1c1nc3cc(F)c(-c4cnc(C(C)(C)NC(=O)OC(C)(C)C)nc4)cc3n12. The molecule has 0 saturated heterocycles. The topological polar surface area (TPSA) is 111 Å². The standard InChI is InChI=1S/C31H31F3N6O4/c1-30(2,3)44-29(42)38-31(4,5)27-35-13-15(14-36-27)17-10-20-19(11-18(17)32)37-25-22-12-21(40(20)25)24-16(26(41)39(22)6)8-7-9-23(24)43-28(33)34/h7-11,13-14,21-22,28H,12H2,1-6H3,(H,38,42)/t21-,22-/m0/s1. The molecular weight excluding hydrogens is 577 g/mol. The van der Waals surface area contributed by atoms with Crippen molar-refractivity contribution in [2.45, 2.75) is 70.9 Å². The molecule has 4 aromatic rings. The maximum absolute atomic E-state index is 15.5. The van der Waals surface area contributed by atoms with E-state index < -0.39 is 41.7 Å². The predicted molar refractivity (Wildman–Crippen MR) is 154 cm³/mol. The zero-order chi connectivity index (χ0) is 31.7. The van der Waals surface area contributed by atoms with Gasteiger partial charge in [0.2, 0.25) is 0 Å². The molecule has 2 atom stereocenters. The Kier molecular flexibility index (Phi) is 6.82. The minimum absolute atomic E-state index is 0.0893. The summed E-state index contributed by atoms with van der Waals surface area (Å²) < 4.78 is 54.4. The number of alkyl halides is 2. The molecule has 2 aromatic carbocycles. The fourth-order valence-corrected chi connectivity index (χ4v) is 5.93. The number of carbonyl (C=O) groups is 2. The van der Waals surface area contributed by atoms with Crippen molar-refractivity contribution in [1.82, 2.24) is 29.7 Å². The molecule has 2 aliphatic heterocycles. The van der Waals surface area contributed by atoms with Gasteiger partial charge < -0.3 is 24.3 Å². The maximum atomic E-state index is 15.5. The highest BCUT2D eigenvalue weighted by Gasteiger charge is 2.45. The lowest BCUT2D eigenvalue weighted by Crippen LogP contribution is -2.44. The molecular formula is C31H31F3N6O4. The number of halogens is 3. The first-order valence-corrected chi connectivity index (χ1v) is 14.0. The Balaban J connectivity index is 1.41. The fourth-order valence-electron chi connectivity index (χ4n) is 5.93. The third-order valence-electron chi connectivity index (χ3n) is 7.83. The molecule has 2 bridgehead atoms. The van der Waals surface area contributed by atoms with Crippen molar-refractivity contribution in [2.24, 2.45) is 0 Å². The average Bonchev–Trinajstić information content (AvgIpc) is 3.43. The second kappa shape index (κ2) is 10.2. The van der Waals surface area contributed by atoms with Crippen LogP contribution in [0.5, 0.6) is 5.75 Å². The van der Waals surface area contributed by atoms with Crippen LogP contribution in [0.4, 0.5) is 18.0 Å². The molecule has 0 unspecified atom stereocenters. The number of alkyl carbamates (subject to hydrolysis) is 1. The van der Waals surface area contributed by atoms with Gasteiger partial charge in [-0.05, 0) is 52.8 Å². The molecule has 1 N–H and O–H groups in total. The van der Waals surface area contributed by atoms with Gasteiger partial charge in [-0.15, -0.1) is 0 Å². The van der Waals surface area contributed by atoms with E-state index >= 15 is 4.39 Å². The van der Waals surface area contributed by atoms with Crippen LogP contribution in [-0.2, 0) is 10.3 Å². The van der Waals surface area contributed by atoms with Crippen molar-refractivity contribution in [1.29, 1.82) is 0 Å². The van der Waals surface area contributed by atoms with Crippen molar-refractivity contribution in [3.63, 3.8) is 0 Å². The van der Waals surface area contributed by atoms with Crippen LogP contribution in [0.2, 0.25) is 0 Å². The first-order chi connectivity index (χ1) is 20.6. The van der Waals surface area contributed by atoms with E-state index in [4.69, 9.17) is 9.47 Å². The maximum Gasteiger partial charge on any atom is 0.408 e. The Labute approximate surface area is 251 Å². The van der Waals surface area contributed by atoms with Gasteiger partial charge in [0, 0.05) is 54.2 Å². The summed E-state index contributed by atoms with van der Waals surface area (Å²) in [4.78, 5) is 40.7. The highest BCUT2D eigenvalue weighted by Crippen LogP contribution is 2.50. The molecule has 230 valence electrons. The molecule has 10 nitrogen and oxygen atoms in total. The quantitative estimate of drug-likeness (QED) is 0.291. The van der Waals surface area contributed by atoms with Crippen molar-refractivity contribution in [3.8, 4) is 16.9 Å². The van der Waals surface area contributed by atoms with Crippen LogP contribution in [0.1, 0.15) is 80.7 Å². The van der Waals surface area contributed by atoms with Crippen molar-refractivity contribution in [3.05, 3.63) is 71.3 Å². The summed E-state index contributed by atoms with van der Waals surface area (Å²) in [6.45, 7) is 5.64. The summed E-state index contributed by atoms with van der Waals surface area (Å²) in [5.41, 5.74) is 0.420. The number of aromatic nitrogens is 4. The normalized spacial score (nSPS) is 17.9. The van der Waals surface area contributed by atoms with Gasteiger partial charge in [0.25, 0.3) is 5.91 Å². The number of carbonyl (C=O) groups excluding carboxylic acids is 2. The second-order valence-electron chi connectivity index (χ2n) is 12.5. The molecule has 2 aliphatic rings. The molecule has 13 heteroatoms. The zero-order valence-corrected chi connectivity index (χ0v) is 25.0. The second-order valence-corrected chi connectivity index (χ2v) is 12.5. The Morgan fingerprint density at radius 2 is 1.77 bits per heavy atom. The van der Waals surface area contributed by atoms with E-state index in [0.717, 1.165) is 0 Å². The molecule has 0 radical (unpaired) electrons. The minimum Gasteiger partial charge on any atom is -0.444 e. The molecule has 0 fully saturated rings. The lowest BCUT2D eigenvalue weighted by molar-refractivity contribution is -0.0507. The summed E-state index contributed by atoms with van der Waals surface area (Å²) >= 11 is 0. The Morgan fingerprint density at radius 1 is 1.07 bits per heavy atom. The number of hydrogen-bond donors (Lipinski definition) is 1. The number of benzene rings is 2. The van der Waals surface area contributed by atoms with Crippen molar-refractivity contribution in [2.75, 3.05) is 7.05 Å². The average molecular weight is 609 g/mol. The number of ether oxygens (including phenoxy) is 2. The van der Waals surface area contributed by atoms with Gasteiger partial charge in [0.1, 0.15) is 23.0 Å². The van der Waals surface area contributed by atoms with Crippen LogP contribution in [-0.4, -0.2) is 55.7 Å². The number of nitrogens with zero attached hydrogens (tertiary/aromatic N) is 5. The molecule has 6 rings (SSSR count). The first kappa shape index (κ1) is 29.4. The van der Waals surface area contributed by atoms with Crippen molar-refractivity contribution < 1.29 is 32.2 Å². The van der Waals surface area contributed by atoms with E-state index in [1.165, 1.54) is 35.5 Å². The van der Waals surface area contributed by atoms with Crippen LogP contribution in [0, 0.1) is 5.82 Å². The minimum atomic E-state index is -3.08. The highest BCUT2D eigenvalue weighted by atomic mass is 19.3. The monoisotopic (exact) mass is 608 g/mol. The van der Waals surface area contributed by atoms with Crippen LogP contribution in [0.25, 0.3) is 22.2 Å². The Bertz CT molecular complexity index is 1800. The number of fused-ring (bicyclic) bond motifs is 9. The van der Waals surface area contributed by atoms with Crippen LogP contribution in [0.15, 0.2) is 42.7 Å². The number of nitrogens with one attached hydrogen (secondary N) is 1. The highest BCUT2D eigenvalue weighted by molar-refractivity contribution is 5.98. The van der Waals surface area contributed by atoms with E-state index in [1.54, 1.807) is 53.8 Å². The summed E-state index contributed by atoms with van der Waals surface area (Å²) in [7, 11) is 1.64. The largest absolute Gasteiger partial charge is 0.444 e. The third-order valence-corrected chi connectivity index (χ3v) is 7.83. The van der Waals surface area contributed by atoms with Crippen molar-refractivity contribution >= 4 is 23.0 Å². The number of imidazole rings is 1. The summed E-state index contributed by atoms with van der Waals surface area (Å²) in [5, 5.41) is 2.75. The summed E-state index contributed by atoms with van der Waals surface area (Å²) in [5.74, 6) is -0.172. The van der Waals surface area contributed by atoms with Gasteiger partial charge in [0.05, 0.1) is 28.7 Å². The van der Waals surface area contributed by atoms with E-state index in [-0.39, 0.29) is 22.8 Å². The molecule has 0 saturated carbocycles. The smallest absolute Gasteiger partial charge is 0.408 e. The molecule has 0 spiro atoms. The summed E-state index contributed by atoms with van der Waals surface area (Å²) in [6.07, 6.45) is 2.69. The molecule has 2 aromatic heterocycles. The van der Waals surface area contributed by atoms with E-state index in [1.807, 2.05) is 4.57 Å². The van der Waals surface area contributed by atoms with Crippen LogP contribution < -0.4 is 10.1 Å². The van der Waals surface area contributed by atoms with E-state index in [9.17, 15) is 18.4 Å². The molecule has 4 heterocycles. The Morgan fingerprint density at radius 3 is 2.43 bits per heavy atom. The number of hydrogen-bond acceptors (Lipinski definition) is 7.